The summed E-state index contributed by atoms with van der Waals surface area (Å²) in [6.45, 7) is 10.3. The van der Waals surface area contributed by atoms with E-state index in [2.05, 4.69) is 31.1 Å². The molecule has 0 aliphatic carbocycles. The van der Waals surface area contributed by atoms with E-state index >= 15 is 0 Å². The number of aromatic nitrogens is 1. The summed E-state index contributed by atoms with van der Waals surface area (Å²) >= 11 is 0. The summed E-state index contributed by atoms with van der Waals surface area (Å²) in [5, 5.41) is 2.91. The van der Waals surface area contributed by atoms with Crippen LogP contribution in [0, 0.1) is 5.92 Å². The molecule has 21 heavy (non-hydrogen) atoms. The van der Waals surface area contributed by atoms with E-state index in [0.29, 0.717) is 5.92 Å². The van der Waals surface area contributed by atoms with Crippen molar-refractivity contribution in [1.29, 1.82) is 0 Å². The van der Waals surface area contributed by atoms with Crippen molar-refractivity contribution in [3.63, 3.8) is 0 Å². The Labute approximate surface area is 127 Å². The Balaban J connectivity index is 2.97. The predicted octanol–water partition coefficient (Wildman–Crippen LogP) is 3.05. The molecule has 0 bridgehead atoms. The van der Waals surface area contributed by atoms with Crippen molar-refractivity contribution >= 4 is 5.91 Å². The van der Waals surface area contributed by atoms with Gasteiger partial charge in [0.2, 0.25) is 0 Å². The predicted molar refractivity (Wildman–Crippen MR) is 86.8 cm³/mol. The number of H-pyrrole nitrogens is 1. The molecule has 0 aromatic carbocycles. The molecule has 1 atom stereocenters. The summed E-state index contributed by atoms with van der Waals surface area (Å²) in [5.74, 6) is 0.235. The highest BCUT2D eigenvalue weighted by Gasteiger charge is 2.16. The van der Waals surface area contributed by atoms with Crippen LogP contribution in [0.4, 0.5) is 0 Å². The van der Waals surface area contributed by atoms with Crippen LogP contribution in [0.15, 0.2) is 10.9 Å². The van der Waals surface area contributed by atoms with Gasteiger partial charge in [-0.15, -0.1) is 0 Å². The van der Waals surface area contributed by atoms with Gasteiger partial charge in [0.1, 0.15) is 5.56 Å². The summed E-state index contributed by atoms with van der Waals surface area (Å²) in [5.41, 5.74) is 1.95. The normalized spacial score (nSPS) is 12.5. The van der Waals surface area contributed by atoms with E-state index in [1.165, 1.54) is 0 Å². The molecule has 0 spiro atoms. The molecule has 1 amide bonds. The Bertz CT molecular complexity index is 532. The van der Waals surface area contributed by atoms with Crippen molar-refractivity contribution in [1.82, 2.24) is 10.3 Å². The summed E-state index contributed by atoms with van der Waals surface area (Å²) in [7, 11) is 0. The largest absolute Gasteiger partial charge is 0.349 e. The number of amides is 1. The summed E-state index contributed by atoms with van der Waals surface area (Å²) in [6, 6.07) is 1.82. The lowest BCUT2D eigenvalue weighted by molar-refractivity contribution is 0.0934. The Kier molecular flexibility index (Phi) is 6.66. The zero-order valence-electron chi connectivity index (χ0n) is 13.9. The van der Waals surface area contributed by atoms with Crippen molar-refractivity contribution < 1.29 is 4.79 Å². The van der Waals surface area contributed by atoms with E-state index in [0.717, 1.165) is 36.9 Å². The zero-order chi connectivity index (χ0) is 16.0. The van der Waals surface area contributed by atoms with Crippen LogP contribution in [-0.4, -0.2) is 16.9 Å². The van der Waals surface area contributed by atoms with Crippen molar-refractivity contribution in [2.24, 2.45) is 5.92 Å². The third-order valence-corrected chi connectivity index (χ3v) is 3.54. The fourth-order valence-corrected chi connectivity index (χ4v) is 2.64. The second-order valence-corrected chi connectivity index (χ2v) is 6.12. The molecule has 1 aromatic heterocycles. The van der Waals surface area contributed by atoms with Gasteiger partial charge in [-0.25, -0.2) is 0 Å². The Hall–Kier alpha value is -1.58. The van der Waals surface area contributed by atoms with Crippen molar-refractivity contribution in [3.8, 4) is 0 Å². The van der Waals surface area contributed by atoms with Gasteiger partial charge in [0, 0.05) is 11.7 Å². The van der Waals surface area contributed by atoms with Gasteiger partial charge in [-0.1, -0.05) is 34.1 Å². The minimum Gasteiger partial charge on any atom is -0.349 e. The molecule has 1 rings (SSSR count). The van der Waals surface area contributed by atoms with E-state index in [1.54, 1.807) is 6.07 Å². The molecule has 0 unspecified atom stereocenters. The van der Waals surface area contributed by atoms with E-state index in [1.807, 2.05) is 13.8 Å². The minimum absolute atomic E-state index is 0.0669. The summed E-state index contributed by atoms with van der Waals surface area (Å²) in [4.78, 5) is 27.3. The van der Waals surface area contributed by atoms with E-state index in [9.17, 15) is 9.59 Å². The van der Waals surface area contributed by atoms with E-state index in [-0.39, 0.29) is 23.1 Å². The lowest BCUT2D eigenvalue weighted by Gasteiger charge is -2.16. The van der Waals surface area contributed by atoms with Gasteiger partial charge < -0.3 is 10.3 Å². The van der Waals surface area contributed by atoms with Gasteiger partial charge in [-0.3, -0.25) is 9.59 Å². The maximum atomic E-state index is 12.3. The summed E-state index contributed by atoms with van der Waals surface area (Å²) < 4.78 is 0. The second kappa shape index (κ2) is 8.01. The van der Waals surface area contributed by atoms with Gasteiger partial charge in [0.05, 0.1) is 0 Å². The van der Waals surface area contributed by atoms with Gasteiger partial charge in [0.25, 0.3) is 11.5 Å². The highest BCUT2D eigenvalue weighted by atomic mass is 16.2. The minimum atomic E-state index is -0.287. The quantitative estimate of drug-likeness (QED) is 0.811. The lowest BCUT2D eigenvalue weighted by Crippen LogP contribution is -2.37. The van der Waals surface area contributed by atoms with Crippen LogP contribution in [0.1, 0.15) is 69.1 Å². The second-order valence-electron chi connectivity index (χ2n) is 6.12. The number of aryl methyl sites for hydroxylation is 2. The number of hydrogen-bond donors (Lipinski definition) is 2. The molecular formula is C17H28N2O2. The molecule has 0 saturated carbocycles. The highest BCUT2D eigenvalue weighted by Crippen LogP contribution is 2.10. The topological polar surface area (TPSA) is 62.0 Å². The fraction of sp³-hybridized carbons (Fsp3) is 0.647. The number of aromatic amines is 1. The molecule has 118 valence electrons. The average molecular weight is 292 g/mol. The number of hydrogen-bond acceptors (Lipinski definition) is 2. The Morgan fingerprint density at radius 1 is 1.29 bits per heavy atom. The van der Waals surface area contributed by atoms with Crippen LogP contribution < -0.4 is 10.9 Å². The van der Waals surface area contributed by atoms with E-state index in [4.69, 9.17) is 0 Å². The molecule has 0 saturated heterocycles. The number of nitrogens with one attached hydrogen (secondary N) is 2. The van der Waals surface area contributed by atoms with Crippen molar-refractivity contribution in [2.45, 2.75) is 66.3 Å². The Morgan fingerprint density at radius 3 is 2.48 bits per heavy atom. The smallest absolute Gasteiger partial charge is 0.261 e. The average Bonchev–Trinajstić information content (AvgIpc) is 2.38. The third kappa shape index (κ3) is 5.03. The first kappa shape index (κ1) is 17.5. The number of carbonyl (C=O) groups excluding carboxylic acids is 1. The van der Waals surface area contributed by atoms with Crippen molar-refractivity contribution in [2.75, 3.05) is 0 Å². The standard InChI is InChI=1S/C17H28N2O2/c1-6-8-15-13(7-2)10-14(17(21)19-15)16(20)18-12(5)9-11(3)4/h10-12H,6-9H2,1-5H3,(H,18,20)(H,19,21)/t12-/m1/s1. The number of rotatable bonds is 7. The molecule has 4 nitrogen and oxygen atoms in total. The van der Waals surface area contributed by atoms with Crippen LogP contribution in [0.2, 0.25) is 0 Å². The monoisotopic (exact) mass is 292 g/mol. The number of pyridine rings is 1. The van der Waals surface area contributed by atoms with Crippen LogP contribution >= 0.6 is 0 Å². The van der Waals surface area contributed by atoms with Gasteiger partial charge in [-0.2, -0.15) is 0 Å². The Morgan fingerprint density at radius 2 is 1.95 bits per heavy atom. The molecule has 0 aliphatic heterocycles. The van der Waals surface area contributed by atoms with Crippen LogP contribution in [0.25, 0.3) is 0 Å². The molecule has 0 fully saturated rings. The molecule has 1 heterocycles. The maximum Gasteiger partial charge on any atom is 0.261 e. The van der Waals surface area contributed by atoms with Crippen LogP contribution in [0.3, 0.4) is 0 Å². The lowest BCUT2D eigenvalue weighted by atomic mass is 10.0. The summed E-state index contributed by atoms with van der Waals surface area (Å²) in [6.07, 6.45) is 3.52. The SMILES string of the molecule is CCCc1[nH]c(=O)c(C(=O)N[C@H](C)CC(C)C)cc1CC. The molecule has 1 aromatic rings. The first-order valence-corrected chi connectivity index (χ1v) is 7.94. The van der Waals surface area contributed by atoms with E-state index < -0.39 is 0 Å². The first-order valence-electron chi connectivity index (χ1n) is 7.94. The molecule has 2 N–H and O–H groups in total. The third-order valence-electron chi connectivity index (χ3n) is 3.54. The fourth-order valence-electron chi connectivity index (χ4n) is 2.64. The van der Waals surface area contributed by atoms with Gasteiger partial charge in [0.15, 0.2) is 0 Å². The molecule has 0 radical (unpaired) electrons. The van der Waals surface area contributed by atoms with Gasteiger partial charge >= 0.3 is 0 Å². The van der Waals surface area contributed by atoms with Gasteiger partial charge in [-0.05, 0) is 43.7 Å². The number of carbonyl (C=O) groups is 1. The van der Waals surface area contributed by atoms with Crippen LogP contribution in [0.5, 0.6) is 0 Å². The highest BCUT2D eigenvalue weighted by molar-refractivity contribution is 5.94. The molecule has 0 aliphatic rings. The maximum absolute atomic E-state index is 12.3. The van der Waals surface area contributed by atoms with Crippen LogP contribution in [-0.2, 0) is 12.8 Å². The van der Waals surface area contributed by atoms with Crippen molar-refractivity contribution in [3.05, 3.63) is 33.2 Å². The molecule has 4 heteroatoms. The molecular weight excluding hydrogens is 264 g/mol. The zero-order valence-corrected chi connectivity index (χ0v) is 13.9. The first-order chi connectivity index (χ1) is 9.88.